The number of fused-ring (bicyclic) bond motifs is 8. The van der Waals surface area contributed by atoms with Crippen molar-refractivity contribution >= 4 is 64.6 Å². The van der Waals surface area contributed by atoms with Gasteiger partial charge >= 0.3 is 0 Å². The third-order valence-electron chi connectivity index (χ3n) is 11.9. The molecule has 0 fully saturated rings. The molecule has 0 aromatic heterocycles. The summed E-state index contributed by atoms with van der Waals surface area (Å²) in [7, 11) is 0. The van der Waals surface area contributed by atoms with Gasteiger partial charge in [-0.2, -0.15) is 0 Å². The molecule has 0 aliphatic rings. The minimum Gasteiger partial charge on any atom is -0.0616 e. The molecule has 0 bridgehead atoms. The highest BCUT2D eigenvalue weighted by Gasteiger charge is 2.22. The average molecular weight is 705 g/mol. The topological polar surface area (TPSA) is 0 Å². The molecule has 10 aromatic carbocycles. The first-order valence-corrected chi connectivity index (χ1v) is 19.7. The summed E-state index contributed by atoms with van der Waals surface area (Å²) in [4.78, 5) is 0. The standard InChI is InChI=1S/C55H44/c1-34(2)51-43-20-10-8-16-39(43)40-17-9-11-21-44(40)53(51)37-27-26-36-32-50(42-19-7-6-18-41(42)49(36)33-37)54-47-24-14-12-22-45(47)52(46-23-13-15-25-48(46)54)35-28-30-38(31-29-35)55(3,4)5/h6-34H,1-5H3. The summed E-state index contributed by atoms with van der Waals surface area (Å²) in [6.45, 7) is 11.5. The van der Waals surface area contributed by atoms with Gasteiger partial charge in [0, 0.05) is 0 Å². The largest absolute Gasteiger partial charge is 0.0616 e. The minimum absolute atomic E-state index is 0.102. The Morgan fingerprint density at radius 1 is 0.345 bits per heavy atom. The molecule has 0 N–H and O–H groups in total. The van der Waals surface area contributed by atoms with Crippen LogP contribution in [0, 0.1) is 0 Å². The van der Waals surface area contributed by atoms with Crippen LogP contribution in [0.4, 0.5) is 0 Å². The van der Waals surface area contributed by atoms with E-state index in [0.29, 0.717) is 5.92 Å². The zero-order valence-corrected chi connectivity index (χ0v) is 32.2. The zero-order chi connectivity index (χ0) is 37.4. The lowest BCUT2D eigenvalue weighted by Crippen LogP contribution is -2.10. The van der Waals surface area contributed by atoms with Gasteiger partial charge in [0.05, 0.1) is 0 Å². The van der Waals surface area contributed by atoms with E-state index in [4.69, 9.17) is 0 Å². The molecular formula is C55H44. The molecule has 0 atom stereocenters. The van der Waals surface area contributed by atoms with Crippen molar-refractivity contribution in [1.82, 2.24) is 0 Å². The first kappa shape index (κ1) is 33.3. The van der Waals surface area contributed by atoms with Crippen molar-refractivity contribution in [3.8, 4) is 33.4 Å². The molecule has 0 heteroatoms. The minimum atomic E-state index is 0.102. The number of rotatable bonds is 4. The highest BCUT2D eigenvalue weighted by Crippen LogP contribution is 2.48. The SMILES string of the molecule is CC(C)c1c(-c2ccc3cc(-c4c5ccccc5c(-c5ccc(C(C)(C)C)cc5)c5ccccc45)c4ccccc4c3c2)c2ccccc2c2ccccc12. The molecule has 264 valence electrons. The maximum absolute atomic E-state index is 2.46. The van der Waals surface area contributed by atoms with Gasteiger partial charge in [-0.25, -0.2) is 0 Å². The summed E-state index contributed by atoms with van der Waals surface area (Å²) >= 11 is 0. The van der Waals surface area contributed by atoms with Crippen LogP contribution in [0.5, 0.6) is 0 Å². The van der Waals surface area contributed by atoms with E-state index in [0.717, 1.165) is 0 Å². The summed E-state index contributed by atoms with van der Waals surface area (Å²) in [6, 6.07) is 63.9. The van der Waals surface area contributed by atoms with E-state index in [1.165, 1.54) is 109 Å². The van der Waals surface area contributed by atoms with Crippen molar-refractivity contribution < 1.29 is 0 Å². The second-order valence-electron chi connectivity index (χ2n) is 16.6. The van der Waals surface area contributed by atoms with Crippen molar-refractivity contribution in [1.29, 1.82) is 0 Å². The fourth-order valence-electron chi connectivity index (χ4n) is 9.41. The molecule has 10 aromatic rings. The molecule has 0 radical (unpaired) electrons. The van der Waals surface area contributed by atoms with Crippen LogP contribution >= 0.6 is 0 Å². The van der Waals surface area contributed by atoms with Crippen LogP contribution < -0.4 is 0 Å². The van der Waals surface area contributed by atoms with Gasteiger partial charge in [-0.15, -0.1) is 0 Å². The Labute approximate surface area is 323 Å². The first-order valence-electron chi connectivity index (χ1n) is 19.7. The molecule has 0 heterocycles. The maximum atomic E-state index is 2.46. The van der Waals surface area contributed by atoms with Gasteiger partial charge in [-0.3, -0.25) is 0 Å². The number of benzene rings is 10. The summed E-state index contributed by atoms with van der Waals surface area (Å²) in [5, 5.41) is 15.5. The molecule has 0 amide bonds. The van der Waals surface area contributed by atoms with Gasteiger partial charge in [0.25, 0.3) is 0 Å². The van der Waals surface area contributed by atoms with Gasteiger partial charge in [0.15, 0.2) is 0 Å². The lowest BCUT2D eigenvalue weighted by Gasteiger charge is -2.22. The predicted molar refractivity (Wildman–Crippen MR) is 241 cm³/mol. The lowest BCUT2D eigenvalue weighted by atomic mass is 9.81. The highest BCUT2D eigenvalue weighted by molar-refractivity contribution is 6.26. The van der Waals surface area contributed by atoms with Gasteiger partial charge in [0.2, 0.25) is 0 Å². The van der Waals surface area contributed by atoms with Crippen molar-refractivity contribution in [3.63, 3.8) is 0 Å². The molecular weight excluding hydrogens is 661 g/mol. The van der Waals surface area contributed by atoms with Crippen molar-refractivity contribution in [2.24, 2.45) is 0 Å². The van der Waals surface area contributed by atoms with E-state index >= 15 is 0 Å². The van der Waals surface area contributed by atoms with Crippen LogP contribution in [-0.2, 0) is 5.41 Å². The van der Waals surface area contributed by atoms with Gasteiger partial charge in [0.1, 0.15) is 0 Å². The maximum Gasteiger partial charge on any atom is -0.00199 e. The second-order valence-corrected chi connectivity index (χ2v) is 16.6. The molecule has 0 nitrogen and oxygen atoms in total. The smallest absolute Gasteiger partial charge is 0.00199 e. The van der Waals surface area contributed by atoms with E-state index in [1.54, 1.807) is 0 Å². The summed E-state index contributed by atoms with van der Waals surface area (Å²) in [5.41, 5.74) is 10.6. The Kier molecular flexibility index (Phi) is 7.68. The van der Waals surface area contributed by atoms with Gasteiger partial charge in [-0.05, 0) is 133 Å². The molecule has 0 unspecified atom stereocenters. The van der Waals surface area contributed by atoms with Gasteiger partial charge < -0.3 is 0 Å². The summed E-state index contributed by atoms with van der Waals surface area (Å²) < 4.78 is 0. The molecule has 0 saturated carbocycles. The molecule has 0 aliphatic heterocycles. The Morgan fingerprint density at radius 2 is 0.764 bits per heavy atom. The Bertz CT molecular complexity index is 3080. The fraction of sp³-hybridized carbons (Fsp3) is 0.127. The van der Waals surface area contributed by atoms with Crippen molar-refractivity contribution in [2.45, 2.75) is 46.0 Å². The first-order chi connectivity index (χ1) is 26.8. The van der Waals surface area contributed by atoms with E-state index in [1.807, 2.05) is 0 Å². The fourth-order valence-corrected chi connectivity index (χ4v) is 9.41. The third kappa shape index (κ3) is 5.27. The summed E-state index contributed by atoms with van der Waals surface area (Å²) in [6.07, 6.45) is 0. The predicted octanol–water partition coefficient (Wildman–Crippen LogP) is 16.0. The third-order valence-corrected chi connectivity index (χ3v) is 11.9. The normalized spacial score (nSPS) is 12.3. The summed E-state index contributed by atoms with van der Waals surface area (Å²) in [5.74, 6) is 0.361. The van der Waals surface area contributed by atoms with Crippen LogP contribution in [0.3, 0.4) is 0 Å². The lowest BCUT2D eigenvalue weighted by molar-refractivity contribution is 0.590. The van der Waals surface area contributed by atoms with E-state index in [-0.39, 0.29) is 5.41 Å². The number of hydrogen-bond donors (Lipinski definition) is 0. The molecule has 55 heavy (non-hydrogen) atoms. The Morgan fingerprint density at radius 3 is 1.29 bits per heavy atom. The Balaban J connectivity index is 1.25. The monoisotopic (exact) mass is 704 g/mol. The van der Waals surface area contributed by atoms with E-state index in [9.17, 15) is 0 Å². The zero-order valence-electron chi connectivity index (χ0n) is 32.2. The average Bonchev–Trinajstić information content (AvgIpc) is 3.21. The van der Waals surface area contributed by atoms with E-state index < -0.39 is 0 Å². The van der Waals surface area contributed by atoms with Crippen LogP contribution in [-0.4, -0.2) is 0 Å². The van der Waals surface area contributed by atoms with Crippen LogP contribution in [0.1, 0.15) is 51.7 Å². The van der Waals surface area contributed by atoms with Crippen molar-refractivity contribution in [3.05, 3.63) is 181 Å². The number of hydrogen-bond acceptors (Lipinski definition) is 0. The molecule has 0 spiro atoms. The van der Waals surface area contributed by atoms with Crippen LogP contribution in [0.15, 0.2) is 170 Å². The molecule has 0 aliphatic carbocycles. The van der Waals surface area contributed by atoms with Gasteiger partial charge in [-0.1, -0.05) is 192 Å². The molecule has 0 saturated heterocycles. The van der Waals surface area contributed by atoms with Crippen molar-refractivity contribution in [2.75, 3.05) is 0 Å². The molecule has 10 rings (SSSR count). The highest BCUT2D eigenvalue weighted by atomic mass is 14.3. The van der Waals surface area contributed by atoms with E-state index in [2.05, 4.69) is 204 Å². The Hall–Kier alpha value is -6.24. The van der Waals surface area contributed by atoms with Crippen LogP contribution in [0.2, 0.25) is 0 Å². The second kappa shape index (κ2) is 12.7. The van der Waals surface area contributed by atoms with Crippen LogP contribution in [0.25, 0.3) is 98.0 Å². The quantitative estimate of drug-likeness (QED) is 0.126.